The highest BCUT2D eigenvalue weighted by atomic mass is 16.5. The van der Waals surface area contributed by atoms with E-state index in [1.807, 2.05) is 24.3 Å². The van der Waals surface area contributed by atoms with Gasteiger partial charge in [0.15, 0.2) is 0 Å². The molecule has 0 aromatic heterocycles. The van der Waals surface area contributed by atoms with E-state index in [0.29, 0.717) is 11.1 Å². The van der Waals surface area contributed by atoms with Gasteiger partial charge in [-0.3, -0.25) is 0 Å². The quantitative estimate of drug-likeness (QED) is 0.824. The third kappa shape index (κ3) is 1.66. The molecule has 2 atom stereocenters. The molecule has 0 heterocycles. The predicted molar refractivity (Wildman–Crippen MR) is 84.6 cm³/mol. The van der Waals surface area contributed by atoms with Gasteiger partial charge in [0.2, 0.25) is 0 Å². The summed E-state index contributed by atoms with van der Waals surface area (Å²) in [6.07, 6.45) is 0. The van der Waals surface area contributed by atoms with Gasteiger partial charge in [-0.15, -0.1) is 0 Å². The summed E-state index contributed by atoms with van der Waals surface area (Å²) >= 11 is 0. The Balaban J connectivity index is 2.15. The van der Waals surface area contributed by atoms with Crippen molar-refractivity contribution in [2.24, 2.45) is 17.3 Å². The number of nitriles is 2. The summed E-state index contributed by atoms with van der Waals surface area (Å²) in [6.45, 7) is 6.41. The van der Waals surface area contributed by atoms with E-state index >= 15 is 0 Å². The lowest BCUT2D eigenvalue weighted by atomic mass is 9.75. The Bertz CT molecular complexity index is 782. The van der Waals surface area contributed by atoms with Crippen LogP contribution in [0.15, 0.2) is 41.0 Å². The number of hydrogen-bond donors (Lipinski definition) is 0. The molecular formula is C19H18N2O. The minimum atomic E-state index is -0.116. The smallest absolute Gasteiger partial charge is 0.118 e. The fourth-order valence-electron chi connectivity index (χ4n) is 4.31. The topological polar surface area (TPSA) is 56.8 Å². The molecule has 0 aliphatic heterocycles. The minimum absolute atomic E-state index is 0.00513. The maximum Gasteiger partial charge on any atom is 0.118 e. The fourth-order valence-corrected chi connectivity index (χ4v) is 4.31. The fraction of sp³-hybridized carbons (Fsp3) is 0.368. The van der Waals surface area contributed by atoms with E-state index in [1.165, 1.54) is 11.1 Å². The van der Waals surface area contributed by atoms with Gasteiger partial charge in [-0.05, 0) is 35.6 Å². The predicted octanol–water partition coefficient (Wildman–Crippen LogP) is 4.10. The van der Waals surface area contributed by atoms with Crippen molar-refractivity contribution < 1.29 is 4.74 Å². The van der Waals surface area contributed by atoms with Gasteiger partial charge in [0.05, 0.1) is 30.4 Å². The normalized spacial score (nSPS) is 25.2. The number of methoxy groups -OCH3 is 1. The zero-order valence-corrected chi connectivity index (χ0v) is 13.3. The van der Waals surface area contributed by atoms with Crippen molar-refractivity contribution in [2.75, 3.05) is 7.11 Å². The van der Waals surface area contributed by atoms with Crippen molar-refractivity contribution in [3.05, 3.63) is 46.5 Å². The summed E-state index contributed by atoms with van der Waals surface area (Å²) in [4.78, 5) is 0. The first kappa shape index (κ1) is 14.4. The minimum Gasteiger partial charge on any atom is -0.497 e. The van der Waals surface area contributed by atoms with Gasteiger partial charge >= 0.3 is 0 Å². The van der Waals surface area contributed by atoms with Gasteiger partial charge in [0.1, 0.15) is 5.75 Å². The second-order valence-electron chi connectivity index (χ2n) is 6.56. The third-order valence-corrected chi connectivity index (χ3v) is 5.14. The Morgan fingerprint density at radius 1 is 1.00 bits per heavy atom. The summed E-state index contributed by atoms with van der Waals surface area (Å²) in [6, 6.07) is 12.5. The number of hydrogen-bond acceptors (Lipinski definition) is 3. The van der Waals surface area contributed by atoms with Crippen LogP contribution in [0.5, 0.6) is 5.75 Å². The first-order valence-electron chi connectivity index (χ1n) is 7.36. The van der Waals surface area contributed by atoms with Gasteiger partial charge in [0, 0.05) is 11.8 Å². The van der Waals surface area contributed by atoms with Gasteiger partial charge in [-0.25, -0.2) is 0 Å². The van der Waals surface area contributed by atoms with Crippen LogP contribution in [0.25, 0.3) is 5.57 Å². The van der Waals surface area contributed by atoms with Crippen molar-refractivity contribution >= 4 is 5.57 Å². The molecular weight excluding hydrogens is 272 g/mol. The molecule has 2 aliphatic rings. The zero-order chi connectivity index (χ0) is 16.1. The molecule has 1 aromatic rings. The van der Waals surface area contributed by atoms with Crippen molar-refractivity contribution in [1.29, 1.82) is 10.5 Å². The lowest BCUT2D eigenvalue weighted by Crippen LogP contribution is -2.22. The first-order chi connectivity index (χ1) is 10.5. The zero-order valence-electron chi connectivity index (χ0n) is 13.3. The van der Waals surface area contributed by atoms with Crippen LogP contribution < -0.4 is 4.74 Å². The van der Waals surface area contributed by atoms with Crippen molar-refractivity contribution in [3.8, 4) is 17.9 Å². The molecule has 0 amide bonds. The highest BCUT2D eigenvalue weighted by Crippen LogP contribution is 2.64. The number of rotatable bonds is 2. The van der Waals surface area contributed by atoms with E-state index < -0.39 is 0 Å². The van der Waals surface area contributed by atoms with E-state index in [0.717, 1.165) is 11.3 Å². The Morgan fingerprint density at radius 2 is 1.55 bits per heavy atom. The van der Waals surface area contributed by atoms with E-state index in [-0.39, 0.29) is 17.3 Å². The van der Waals surface area contributed by atoms with Crippen LogP contribution in [0.3, 0.4) is 0 Å². The highest BCUT2D eigenvalue weighted by molar-refractivity contribution is 5.82. The second-order valence-corrected chi connectivity index (χ2v) is 6.56. The molecule has 22 heavy (non-hydrogen) atoms. The highest BCUT2D eigenvalue weighted by Gasteiger charge is 2.56. The molecule has 3 heteroatoms. The maximum atomic E-state index is 9.55. The van der Waals surface area contributed by atoms with Gasteiger partial charge in [0.25, 0.3) is 0 Å². The number of fused-ring (bicyclic) bond motifs is 2. The molecule has 3 rings (SSSR count). The SMILES string of the molecule is COc1ccc(C2=C(C)C3C(C#N)=C(C#N)C2C3(C)C)cc1. The molecule has 0 saturated heterocycles. The summed E-state index contributed by atoms with van der Waals surface area (Å²) in [5.41, 5.74) is 4.73. The Kier molecular flexibility index (Phi) is 3.11. The Morgan fingerprint density at radius 3 is 2.05 bits per heavy atom. The van der Waals surface area contributed by atoms with E-state index in [4.69, 9.17) is 4.74 Å². The molecule has 1 aromatic carbocycles. The molecule has 2 aliphatic carbocycles. The summed E-state index contributed by atoms with van der Waals surface area (Å²) in [7, 11) is 1.65. The number of benzene rings is 1. The molecule has 2 bridgehead atoms. The van der Waals surface area contributed by atoms with Crippen LogP contribution in [0, 0.1) is 39.9 Å². The molecule has 0 spiro atoms. The number of allylic oxidation sites excluding steroid dienone is 4. The Hall–Kier alpha value is -2.52. The van der Waals surface area contributed by atoms with E-state index in [2.05, 4.69) is 32.9 Å². The summed E-state index contributed by atoms with van der Waals surface area (Å²) in [5, 5.41) is 19.0. The van der Waals surface area contributed by atoms with Crippen molar-refractivity contribution in [2.45, 2.75) is 20.8 Å². The molecule has 0 N–H and O–H groups in total. The van der Waals surface area contributed by atoms with Gasteiger partial charge < -0.3 is 4.74 Å². The monoisotopic (exact) mass is 290 g/mol. The lowest BCUT2D eigenvalue weighted by molar-refractivity contribution is 0.289. The average molecular weight is 290 g/mol. The summed E-state index contributed by atoms with van der Waals surface area (Å²) in [5.74, 6) is 0.873. The van der Waals surface area contributed by atoms with Crippen LogP contribution in [-0.4, -0.2) is 7.11 Å². The largest absolute Gasteiger partial charge is 0.497 e. The average Bonchev–Trinajstić information content (AvgIpc) is 2.86. The third-order valence-electron chi connectivity index (χ3n) is 5.14. The van der Waals surface area contributed by atoms with E-state index in [9.17, 15) is 10.5 Å². The standard InChI is InChI=1S/C19H18N2O/c1-11-16(12-5-7-13(22-4)8-6-12)18-15(10-21)14(9-20)17(11)19(18,2)3/h5-8,17-18H,1-4H3. The summed E-state index contributed by atoms with van der Waals surface area (Å²) < 4.78 is 5.22. The Labute approximate surface area is 131 Å². The van der Waals surface area contributed by atoms with Crippen LogP contribution in [0.4, 0.5) is 0 Å². The van der Waals surface area contributed by atoms with Crippen LogP contribution >= 0.6 is 0 Å². The number of nitrogens with zero attached hydrogens (tertiary/aromatic N) is 2. The molecule has 110 valence electrons. The first-order valence-corrected chi connectivity index (χ1v) is 7.36. The van der Waals surface area contributed by atoms with E-state index in [1.54, 1.807) is 7.11 Å². The van der Waals surface area contributed by atoms with Crippen LogP contribution in [0.2, 0.25) is 0 Å². The molecule has 3 nitrogen and oxygen atoms in total. The van der Waals surface area contributed by atoms with Gasteiger partial charge in [-0.1, -0.05) is 31.6 Å². The van der Waals surface area contributed by atoms with Crippen molar-refractivity contribution in [3.63, 3.8) is 0 Å². The van der Waals surface area contributed by atoms with Crippen LogP contribution in [-0.2, 0) is 0 Å². The second kappa shape index (κ2) is 4.75. The van der Waals surface area contributed by atoms with Crippen molar-refractivity contribution in [1.82, 2.24) is 0 Å². The van der Waals surface area contributed by atoms with Gasteiger partial charge in [-0.2, -0.15) is 10.5 Å². The van der Waals surface area contributed by atoms with Crippen LogP contribution in [0.1, 0.15) is 26.3 Å². The molecule has 0 saturated carbocycles. The molecule has 0 radical (unpaired) electrons. The maximum absolute atomic E-state index is 9.55. The lowest BCUT2D eigenvalue weighted by Gasteiger charge is -2.27. The number of ether oxygens (including phenoxy) is 1. The molecule has 0 fully saturated rings. The molecule has 2 unspecified atom stereocenters.